The molecular formula is C20H25FN6O3S. The number of anilines is 2. The molecule has 0 radical (unpaired) electrons. The number of aromatic nitrogens is 2. The van der Waals surface area contributed by atoms with E-state index in [1.165, 1.54) is 23.5 Å². The maximum absolute atomic E-state index is 13.1. The zero-order chi connectivity index (χ0) is 21.8. The number of benzene rings is 1. The van der Waals surface area contributed by atoms with Crippen LogP contribution in [0, 0.1) is 5.82 Å². The maximum atomic E-state index is 13.1. The second kappa shape index (κ2) is 9.56. The lowest BCUT2D eigenvalue weighted by molar-refractivity contribution is -0.117. The Kier molecular flexibility index (Phi) is 6.62. The van der Waals surface area contributed by atoms with E-state index in [-0.39, 0.29) is 23.9 Å². The van der Waals surface area contributed by atoms with Crippen molar-refractivity contribution in [2.24, 2.45) is 0 Å². The predicted octanol–water partition coefficient (Wildman–Crippen LogP) is 2.39. The number of rotatable bonds is 5. The molecule has 0 unspecified atom stereocenters. The van der Waals surface area contributed by atoms with Gasteiger partial charge >= 0.3 is 6.03 Å². The van der Waals surface area contributed by atoms with Gasteiger partial charge in [0.25, 0.3) is 0 Å². The Morgan fingerprint density at radius 2 is 1.94 bits per heavy atom. The molecule has 2 fully saturated rings. The van der Waals surface area contributed by atoms with Crippen molar-refractivity contribution in [1.29, 1.82) is 0 Å². The van der Waals surface area contributed by atoms with Crippen molar-refractivity contribution in [3.8, 4) is 0 Å². The highest BCUT2D eigenvalue weighted by Gasteiger charge is 2.26. The fourth-order valence-electron chi connectivity index (χ4n) is 3.56. The number of halogens is 1. The first-order valence-electron chi connectivity index (χ1n) is 10.3. The molecule has 9 nitrogen and oxygen atoms in total. The summed E-state index contributed by atoms with van der Waals surface area (Å²) in [5.74, 6) is -0.626. The van der Waals surface area contributed by atoms with E-state index in [9.17, 15) is 14.0 Å². The summed E-state index contributed by atoms with van der Waals surface area (Å²) in [7, 11) is 0. The highest BCUT2D eigenvalue weighted by Crippen LogP contribution is 2.31. The van der Waals surface area contributed by atoms with Gasteiger partial charge in [0.05, 0.1) is 0 Å². The summed E-state index contributed by atoms with van der Waals surface area (Å²) >= 11 is 1.29. The molecule has 2 aliphatic rings. The van der Waals surface area contributed by atoms with Gasteiger partial charge in [-0.3, -0.25) is 10.1 Å². The molecule has 1 aromatic carbocycles. The third-order valence-corrected chi connectivity index (χ3v) is 6.30. The number of hydrogen-bond acceptors (Lipinski definition) is 7. The lowest BCUT2D eigenvalue weighted by Crippen LogP contribution is -2.54. The van der Waals surface area contributed by atoms with Gasteiger partial charge in [-0.05, 0) is 44.0 Å². The summed E-state index contributed by atoms with van der Waals surface area (Å²) in [5, 5.41) is 14.7. The Hall–Kier alpha value is -2.79. The molecule has 4 rings (SSSR count). The van der Waals surface area contributed by atoms with Gasteiger partial charge < -0.3 is 19.9 Å². The Labute approximate surface area is 183 Å². The molecule has 0 bridgehead atoms. The molecule has 2 saturated heterocycles. The molecule has 2 aliphatic heterocycles. The fourth-order valence-corrected chi connectivity index (χ4v) is 4.39. The highest BCUT2D eigenvalue weighted by molar-refractivity contribution is 7.15. The van der Waals surface area contributed by atoms with E-state index < -0.39 is 6.04 Å². The monoisotopic (exact) mass is 448 g/mol. The zero-order valence-corrected chi connectivity index (χ0v) is 18.0. The average molecular weight is 449 g/mol. The Morgan fingerprint density at radius 3 is 2.61 bits per heavy atom. The standard InChI is InChI=1S/C20H25FN6O3S/c1-13(17(28)23-19-25-24-18(31-19)16-3-2-12-30-16)22-20(29)27-10-8-26(9-11-27)15-6-4-14(21)5-7-15/h4-7,13,16H,2-3,8-12H2,1H3,(H,22,29)(H,23,25,28)/t13-,16-/m0/s1. The van der Waals surface area contributed by atoms with Gasteiger partial charge in [0, 0.05) is 38.5 Å². The van der Waals surface area contributed by atoms with Crippen molar-refractivity contribution in [3.05, 3.63) is 35.1 Å². The number of carbonyl (C=O) groups excluding carboxylic acids is 2. The number of amides is 3. The molecule has 0 saturated carbocycles. The molecule has 2 atom stereocenters. The van der Waals surface area contributed by atoms with E-state index in [0.717, 1.165) is 23.5 Å². The van der Waals surface area contributed by atoms with E-state index in [1.54, 1.807) is 24.0 Å². The van der Waals surface area contributed by atoms with Crippen LogP contribution in [0.15, 0.2) is 24.3 Å². The van der Waals surface area contributed by atoms with Crippen LogP contribution in [0.3, 0.4) is 0 Å². The normalized spacial score (nSPS) is 19.9. The van der Waals surface area contributed by atoms with Crippen molar-refractivity contribution in [2.45, 2.75) is 31.9 Å². The second-order valence-electron chi connectivity index (χ2n) is 7.56. The third-order valence-electron chi connectivity index (χ3n) is 5.37. The summed E-state index contributed by atoms with van der Waals surface area (Å²) in [6.07, 6.45) is 1.85. The summed E-state index contributed by atoms with van der Waals surface area (Å²) in [5.41, 5.74) is 0.925. The van der Waals surface area contributed by atoms with Gasteiger partial charge in [-0.1, -0.05) is 11.3 Å². The van der Waals surface area contributed by atoms with Gasteiger partial charge in [-0.2, -0.15) is 0 Å². The molecule has 1 aromatic heterocycles. The van der Waals surface area contributed by atoms with Crippen molar-refractivity contribution in [1.82, 2.24) is 20.4 Å². The van der Waals surface area contributed by atoms with Crippen LogP contribution in [0.2, 0.25) is 0 Å². The van der Waals surface area contributed by atoms with Crippen LogP contribution >= 0.6 is 11.3 Å². The van der Waals surface area contributed by atoms with E-state index >= 15 is 0 Å². The Balaban J connectivity index is 1.23. The van der Waals surface area contributed by atoms with Crippen molar-refractivity contribution >= 4 is 34.1 Å². The van der Waals surface area contributed by atoms with Crippen LogP contribution in [0.1, 0.15) is 30.9 Å². The van der Waals surface area contributed by atoms with E-state index in [4.69, 9.17) is 4.74 Å². The van der Waals surface area contributed by atoms with Gasteiger partial charge in [-0.25, -0.2) is 9.18 Å². The fraction of sp³-hybridized carbons (Fsp3) is 0.500. The molecule has 0 aliphatic carbocycles. The number of nitrogens with one attached hydrogen (secondary N) is 2. The first kappa shape index (κ1) is 21.4. The van der Waals surface area contributed by atoms with Gasteiger partial charge in [0.2, 0.25) is 11.0 Å². The SMILES string of the molecule is C[C@H](NC(=O)N1CCN(c2ccc(F)cc2)CC1)C(=O)Nc1nnc([C@@H]2CCCO2)s1. The first-order valence-corrected chi connectivity index (χ1v) is 11.1. The second-order valence-corrected chi connectivity index (χ2v) is 8.57. The predicted molar refractivity (Wildman–Crippen MR) is 115 cm³/mol. The van der Waals surface area contributed by atoms with E-state index in [0.29, 0.717) is 37.9 Å². The lowest BCUT2D eigenvalue weighted by atomic mass is 10.2. The number of hydrogen-bond donors (Lipinski definition) is 2. The molecule has 2 N–H and O–H groups in total. The van der Waals surface area contributed by atoms with Crippen LogP contribution in [0.25, 0.3) is 0 Å². The summed E-state index contributed by atoms with van der Waals surface area (Å²) in [4.78, 5) is 28.8. The summed E-state index contributed by atoms with van der Waals surface area (Å²) < 4.78 is 18.7. The number of urea groups is 1. The number of nitrogens with zero attached hydrogens (tertiary/aromatic N) is 4. The molecular weight excluding hydrogens is 423 g/mol. The Bertz CT molecular complexity index is 910. The third kappa shape index (κ3) is 5.28. The minimum absolute atomic E-state index is 0.0474. The number of ether oxygens (including phenoxy) is 1. The van der Waals surface area contributed by atoms with Crippen LogP contribution in [0.4, 0.5) is 20.0 Å². The number of piperazine rings is 1. The average Bonchev–Trinajstić information content (AvgIpc) is 3.46. The molecule has 166 valence electrons. The molecule has 3 amide bonds. The number of carbonyl (C=O) groups is 2. The molecule has 0 spiro atoms. The quantitative estimate of drug-likeness (QED) is 0.729. The van der Waals surface area contributed by atoms with Crippen molar-refractivity contribution < 1.29 is 18.7 Å². The molecule has 3 heterocycles. The molecule has 2 aromatic rings. The first-order chi connectivity index (χ1) is 15.0. The van der Waals surface area contributed by atoms with E-state index in [2.05, 4.69) is 25.7 Å². The van der Waals surface area contributed by atoms with Crippen molar-refractivity contribution in [3.63, 3.8) is 0 Å². The summed E-state index contributed by atoms with van der Waals surface area (Å²) in [6, 6.07) is 5.30. The maximum Gasteiger partial charge on any atom is 0.318 e. The van der Waals surface area contributed by atoms with Crippen molar-refractivity contribution in [2.75, 3.05) is 43.0 Å². The van der Waals surface area contributed by atoms with Gasteiger partial charge in [0.15, 0.2) is 0 Å². The molecule has 11 heteroatoms. The molecule has 31 heavy (non-hydrogen) atoms. The lowest BCUT2D eigenvalue weighted by Gasteiger charge is -2.36. The van der Waals surface area contributed by atoms with E-state index in [1.807, 2.05) is 0 Å². The smallest absolute Gasteiger partial charge is 0.318 e. The van der Waals surface area contributed by atoms with Crippen LogP contribution in [-0.2, 0) is 9.53 Å². The minimum Gasteiger partial charge on any atom is -0.371 e. The van der Waals surface area contributed by atoms with Crippen LogP contribution in [0.5, 0.6) is 0 Å². The van der Waals surface area contributed by atoms with Gasteiger partial charge in [-0.15, -0.1) is 10.2 Å². The largest absolute Gasteiger partial charge is 0.371 e. The van der Waals surface area contributed by atoms with Crippen LogP contribution < -0.4 is 15.5 Å². The zero-order valence-electron chi connectivity index (χ0n) is 17.2. The summed E-state index contributed by atoms with van der Waals surface area (Å²) in [6.45, 7) is 4.64. The van der Waals surface area contributed by atoms with Crippen LogP contribution in [-0.4, -0.2) is 65.9 Å². The highest BCUT2D eigenvalue weighted by atomic mass is 32.1. The Morgan fingerprint density at radius 1 is 1.19 bits per heavy atom. The minimum atomic E-state index is -0.724. The van der Waals surface area contributed by atoms with Gasteiger partial charge in [0.1, 0.15) is 23.0 Å². The topological polar surface area (TPSA) is 99.7 Å².